The number of aliphatic hydroxyl groups is 1. The number of aliphatic hydroxyl groups excluding tert-OH is 1. The molecule has 0 aromatic carbocycles. The van der Waals surface area contributed by atoms with Crippen molar-refractivity contribution in [3.05, 3.63) is 11.8 Å². The van der Waals surface area contributed by atoms with Crippen molar-refractivity contribution in [2.24, 2.45) is 5.73 Å². The first-order chi connectivity index (χ1) is 9.84. The molecule has 4 atom stereocenters. The molecule has 3 rings (SSSR count). The Morgan fingerprint density at radius 2 is 2.14 bits per heavy atom. The van der Waals surface area contributed by atoms with E-state index in [0.717, 1.165) is 0 Å². The van der Waals surface area contributed by atoms with Gasteiger partial charge in [-0.05, 0) is 13.8 Å². The molecule has 0 radical (unpaired) electrons. The Kier molecular flexibility index (Phi) is 3.41. The summed E-state index contributed by atoms with van der Waals surface area (Å²) in [4.78, 5) is 0.163. The van der Waals surface area contributed by atoms with Crippen LogP contribution >= 0.6 is 12.2 Å². The number of hydrogen-bond donors (Lipinski definition) is 3. The third-order valence-corrected chi connectivity index (χ3v) is 3.87. The predicted octanol–water partition coefficient (Wildman–Crippen LogP) is -0.491. The fraction of sp³-hybridized carbons (Fsp3) is 0.667. The fourth-order valence-corrected chi connectivity index (χ4v) is 2.92. The summed E-state index contributed by atoms with van der Waals surface area (Å²) in [6, 6.07) is 0. The number of fused-ring (bicyclic) bond motifs is 1. The lowest BCUT2D eigenvalue weighted by atomic mass is 10.1. The number of anilines is 1. The Balaban J connectivity index is 1.94. The van der Waals surface area contributed by atoms with Crippen molar-refractivity contribution in [3.63, 3.8) is 0 Å². The average molecular weight is 314 g/mol. The predicted molar refractivity (Wildman–Crippen MR) is 77.3 cm³/mol. The monoisotopic (exact) mass is 314 g/mol. The molecule has 0 saturated carbocycles. The molecule has 5 N–H and O–H groups in total. The Labute approximate surface area is 126 Å². The van der Waals surface area contributed by atoms with Crippen molar-refractivity contribution in [1.82, 2.24) is 9.78 Å². The summed E-state index contributed by atoms with van der Waals surface area (Å²) < 4.78 is 18.9. The summed E-state index contributed by atoms with van der Waals surface area (Å²) in [5, 5.41) is 13.6. The minimum Gasteiger partial charge on any atom is -0.394 e. The lowest BCUT2D eigenvalue weighted by molar-refractivity contribution is -0.201. The standard InChI is InChI=1S/C12H18N4O4S/c1-12(2)19-7-6(4-17)18-11(8(7)20-12)16-9(13)5(3-15-16)10(14)21/h3,6-8,11,17H,4,13H2,1-2H3,(H2,14,21)/t6-,7-,8-,11-/m1/s1. The van der Waals surface area contributed by atoms with Crippen LogP contribution in [0.5, 0.6) is 0 Å². The highest BCUT2D eigenvalue weighted by molar-refractivity contribution is 7.80. The van der Waals surface area contributed by atoms with Crippen molar-refractivity contribution in [2.75, 3.05) is 12.3 Å². The third-order valence-electron chi connectivity index (χ3n) is 3.65. The molecule has 2 saturated heterocycles. The zero-order chi connectivity index (χ0) is 15.4. The summed E-state index contributed by atoms with van der Waals surface area (Å²) in [5.74, 6) is -0.447. The molecule has 0 bridgehead atoms. The highest BCUT2D eigenvalue weighted by atomic mass is 32.1. The molecule has 116 valence electrons. The van der Waals surface area contributed by atoms with Crippen molar-refractivity contribution >= 4 is 23.0 Å². The molecule has 9 heteroatoms. The lowest BCUT2D eigenvalue weighted by Crippen LogP contribution is -2.31. The van der Waals surface area contributed by atoms with Gasteiger partial charge in [0.05, 0.1) is 18.4 Å². The normalized spacial score (nSPS) is 34.0. The van der Waals surface area contributed by atoms with E-state index < -0.39 is 24.2 Å². The molecule has 8 nitrogen and oxygen atoms in total. The second kappa shape index (κ2) is 4.89. The lowest BCUT2D eigenvalue weighted by Gasteiger charge is -2.24. The summed E-state index contributed by atoms with van der Waals surface area (Å²) in [6.07, 6.45) is -0.412. The molecule has 1 aromatic heterocycles. The van der Waals surface area contributed by atoms with Crippen LogP contribution in [0.2, 0.25) is 0 Å². The van der Waals surface area contributed by atoms with E-state index in [-0.39, 0.29) is 17.7 Å². The number of aromatic nitrogens is 2. The zero-order valence-corrected chi connectivity index (χ0v) is 12.5. The summed E-state index contributed by atoms with van der Waals surface area (Å²) in [7, 11) is 0. The maximum Gasteiger partial charge on any atom is 0.181 e. The largest absolute Gasteiger partial charge is 0.394 e. The highest BCUT2D eigenvalue weighted by Gasteiger charge is 2.56. The molecule has 0 amide bonds. The smallest absolute Gasteiger partial charge is 0.181 e. The molecule has 2 fully saturated rings. The molecule has 3 heterocycles. The van der Waals surface area contributed by atoms with Gasteiger partial charge in [-0.3, -0.25) is 0 Å². The number of nitrogens with zero attached hydrogens (tertiary/aromatic N) is 2. The minimum absolute atomic E-state index is 0.163. The first-order valence-corrected chi connectivity index (χ1v) is 6.99. The maximum absolute atomic E-state index is 9.45. The zero-order valence-electron chi connectivity index (χ0n) is 11.7. The van der Waals surface area contributed by atoms with Gasteiger partial charge in [-0.25, -0.2) is 4.68 Å². The van der Waals surface area contributed by atoms with Crippen molar-refractivity contribution in [3.8, 4) is 0 Å². The molecule has 2 aliphatic rings. The van der Waals surface area contributed by atoms with Crippen LogP contribution in [-0.2, 0) is 14.2 Å². The SMILES string of the molecule is CC1(C)O[C@@H]2[C@H](O1)[C@@H](CO)O[C@H]2n1ncc(C(N)=S)c1N. The average Bonchev–Trinajstić information content (AvgIpc) is 3.00. The fourth-order valence-electron chi connectivity index (χ4n) is 2.77. The van der Waals surface area contributed by atoms with Crippen LogP contribution in [0.25, 0.3) is 0 Å². The number of ether oxygens (including phenoxy) is 3. The van der Waals surface area contributed by atoms with Crippen molar-refractivity contribution in [2.45, 2.75) is 44.2 Å². The second-order valence-electron chi connectivity index (χ2n) is 5.56. The molecular formula is C12H18N4O4S. The molecule has 0 spiro atoms. The summed E-state index contributed by atoms with van der Waals surface area (Å²) in [6.45, 7) is 3.44. The second-order valence-corrected chi connectivity index (χ2v) is 6.00. The molecule has 0 aliphatic carbocycles. The number of rotatable bonds is 3. The van der Waals surface area contributed by atoms with Crippen LogP contribution in [0.4, 0.5) is 5.82 Å². The van der Waals surface area contributed by atoms with Gasteiger partial charge in [0, 0.05) is 0 Å². The van der Waals surface area contributed by atoms with Gasteiger partial charge < -0.3 is 30.8 Å². The first kappa shape index (κ1) is 14.7. The van der Waals surface area contributed by atoms with E-state index in [1.54, 1.807) is 0 Å². The molecule has 0 unspecified atom stereocenters. The van der Waals surface area contributed by atoms with Gasteiger partial charge in [0.15, 0.2) is 12.0 Å². The van der Waals surface area contributed by atoms with E-state index in [1.165, 1.54) is 10.9 Å². The van der Waals surface area contributed by atoms with Gasteiger partial charge >= 0.3 is 0 Å². The van der Waals surface area contributed by atoms with Gasteiger partial charge in [-0.15, -0.1) is 0 Å². The third kappa shape index (κ3) is 2.30. The Bertz CT molecular complexity index is 576. The number of nitrogens with two attached hydrogens (primary N) is 2. The van der Waals surface area contributed by atoms with E-state index >= 15 is 0 Å². The summed E-state index contributed by atoms with van der Waals surface area (Å²) in [5.41, 5.74) is 12.1. The van der Waals surface area contributed by atoms with Crippen LogP contribution in [-0.4, -0.2) is 50.6 Å². The van der Waals surface area contributed by atoms with Crippen LogP contribution in [0, 0.1) is 0 Å². The van der Waals surface area contributed by atoms with E-state index in [2.05, 4.69) is 5.10 Å². The van der Waals surface area contributed by atoms with Gasteiger partial charge in [-0.2, -0.15) is 5.10 Å². The van der Waals surface area contributed by atoms with E-state index in [1.807, 2.05) is 13.8 Å². The van der Waals surface area contributed by atoms with Gasteiger partial charge in [0.2, 0.25) is 0 Å². The van der Waals surface area contributed by atoms with Gasteiger partial charge in [-0.1, -0.05) is 12.2 Å². The maximum atomic E-state index is 9.45. The van der Waals surface area contributed by atoms with Crippen LogP contribution in [0.3, 0.4) is 0 Å². The molecular weight excluding hydrogens is 296 g/mol. The summed E-state index contributed by atoms with van der Waals surface area (Å²) >= 11 is 4.92. The topological polar surface area (TPSA) is 118 Å². The first-order valence-electron chi connectivity index (χ1n) is 6.59. The molecule has 1 aromatic rings. The van der Waals surface area contributed by atoms with Gasteiger partial charge in [0.25, 0.3) is 0 Å². The quantitative estimate of drug-likeness (QED) is 0.640. The van der Waals surface area contributed by atoms with Crippen LogP contribution < -0.4 is 11.5 Å². The van der Waals surface area contributed by atoms with Crippen molar-refractivity contribution < 1.29 is 19.3 Å². The Hall–Kier alpha value is -1.26. The van der Waals surface area contributed by atoms with E-state index in [0.29, 0.717) is 11.4 Å². The Morgan fingerprint density at radius 3 is 2.71 bits per heavy atom. The van der Waals surface area contributed by atoms with Crippen LogP contribution in [0.15, 0.2) is 6.20 Å². The minimum atomic E-state index is -0.751. The number of nitrogen functional groups attached to an aromatic ring is 1. The number of hydrogen-bond acceptors (Lipinski definition) is 7. The molecule has 2 aliphatic heterocycles. The van der Waals surface area contributed by atoms with Crippen molar-refractivity contribution in [1.29, 1.82) is 0 Å². The molecule has 21 heavy (non-hydrogen) atoms. The highest BCUT2D eigenvalue weighted by Crippen LogP contribution is 2.43. The Morgan fingerprint density at radius 1 is 1.48 bits per heavy atom. The van der Waals surface area contributed by atoms with E-state index in [9.17, 15) is 5.11 Å². The van der Waals surface area contributed by atoms with E-state index in [4.69, 9.17) is 37.9 Å². The van der Waals surface area contributed by atoms with Gasteiger partial charge in [0.1, 0.15) is 29.1 Å². The van der Waals surface area contributed by atoms with Crippen LogP contribution in [0.1, 0.15) is 25.6 Å². The number of thiocarbonyl (C=S) groups is 1.